The summed E-state index contributed by atoms with van der Waals surface area (Å²) in [5.41, 5.74) is 2.66. The molecule has 14 heavy (non-hydrogen) atoms. The first kappa shape index (κ1) is 11.4. The second-order valence-electron chi connectivity index (χ2n) is 4.31. The average molecular weight is 209 g/mol. The molecule has 0 aliphatic heterocycles. The quantitative estimate of drug-likeness (QED) is 0.706. The molecule has 0 atom stereocenters. The Bertz CT molecular complexity index is 299. The van der Waals surface area contributed by atoms with Crippen LogP contribution in [0.2, 0.25) is 0 Å². The molecule has 1 aromatic heterocycles. The summed E-state index contributed by atoms with van der Waals surface area (Å²) in [4.78, 5) is 0. The normalized spacial score (nSPS) is 11.6. The molecule has 1 nitrogen and oxygen atoms in total. The van der Waals surface area contributed by atoms with Gasteiger partial charge >= 0.3 is 0 Å². The molecule has 1 aromatic rings. The average Bonchev–Trinajstić information content (AvgIpc) is 2.63. The minimum absolute atomic E-state index is 0.243. The number of rotatable bonds is 5. The van der Waals surface area contributed by atoms with Crippen LogP contribution in [0.5, 0.6) is 0 Å². The van der Waals surface area contributed by atoms with Crippen molar-refractivity contribution >= 4 is 17.6 Å². The first-order valence-electron chi connectivity index (χ1n) is 5.19. The molecule has 1 rings (SSSR count). The molecule has 0 amide bonds. The molecule has 78 valence electrons. The van der Waals surface area contributed by atoms with Gasteiger partial charge < -0.3 is 0 Å². The predicted molar refractivity (Wildman–Crippen MR) is 64.8 cm³/mol. The Morgan fingerprint density at radius 3 is 2.86 bits per heavy atom. The second-order valence-corrected chi connectivity index (χ2v) is 4.93. The van der Waals surface area contributed by atoms with Crippen molar-refractivity contribution in [3.63, 3.8) is 0 Å². The van der Waals surface area contributed by atoms with Crippen molar-refractivity contribution in [2.24, 2.45) is 0 Å². The Labute approximate surface area is 91.0 Å². The largest absolute Gasteiger partial charge is 0.193 e. The van der Waals surface area contributed by atoms with E-state index in [0.29, 0.717) is 0 Å². The van der Waals surface area contributed by atoms with Gasteiger partial charge in [0.15, 0.2) is 0 Å². The van der Waals surface area contributed by atoms with Gasteiger partial charge in [-0.3, -0.25) is 0 Å². The third-order valence-electron chi connectivity index (χ3n) is 2.68. The van der Waals surface area contributed by atoms with E-state index in [9.17, 15) is 0 Å². The maximum absolute atomic E-state index is 4.33. The summed E-state index contributed by atoms with van der Waals surface area (Å²) in [6.45, 7) is 10.6. The summed E-state index contributed by atoms with van der Waals surface area (Å²) in [6.07, 6.45) is 5.62. The highest BCUT2D eigenvalue weighted by Gasteiger charge is 2.23. The van der Waals surface area contributed by atoms with E-state index in [0.717, 1.165) is 5.69 Å². The lowest BCUT2D eigenvalue weighted by Crippen LogP contribution is -2.17. The molecule has 0 aliphatic carbocycles. The summed E-state index contributed by atoms with van der Waals surface area (Å²) in [7, 11) is 0. The van der Waals surface area contributed by atoms with Gasteiger partial charge in [0.2, 0.25) is 0 Å². The smallest absolute Gasteiger partial charge is 0.0799 e. The molecular weight excluding hydrogens is 190 g/mol. The molecule has 2 heteroatoms. The van der Waals surface area contributed by atoms with Gasteiger partial charge in [-0.05, 0) is 35.0 Å². The Morgan fingerprint density at radius 1 is 1.57 bits per heavy atom. The zero-order valence-corrected chi connectivity index (χ0v) is 10.2. The third kappa shape index (κ3) is 2.44. The summed E-state index contributed by atoms with van der Waals surface area (Å²) < 4.78 is 4.33. The molecule has 0 radical (unpaired) electrons. The minimum Gasteiger partial charge on any atom is -0.193 e. The minimum atomic E-state index is 0.243. The van der Waals surface area contributed by atoms with Gasteiger partial charge in [0.05, 0.1) is 5.69 Å². The lowest BCUT2D eigenvalue weighted by atomic mass is 9.80. The van der Waals surface area contributed by atoms with E-state index in [-0.39, 0.29) is 5.41 Å². The number of aromatic nitrogens is 1. The highest BCUT2D eigenvalue weighted by molar-refractivity contribution is 7.03. The van der Waals surface area contributed by atoms with E-state index in [1.165, 1.54) is 36.4 Å². The third-order valence-corrected chi connectivity index (χ3v) is 3.32. The van der Waals surface area contributed by atoms with Gasteiger partial charge in [0.25, 0.3) is 0 Å². The topological polar surface area (TPSA) is 12.9 Å². The van der Waals surface area contributed by atoms with Crippen molar-refractivity contribution in [2.75, 3.05) is 0 Å². The molecule has 0 unspecified atom stereocenters. The van der Waals surface area contributed by atoms with E-state index in [4.69, 9.17) is 0 Å². The van der Waals surface area contributed by atoms with Crippen molar-refractivity contribution in [2.45, 2.75) is 45.4 Å². The summed E-state index contributed by atoms with van der Waals surface area (Å²) in [5.74, 6) is 0. The highest BCUT2D eigenvalue weighted by atomic mass is 32.1. The lowest BCUT2D eigenvalue weighted by Gasteiger charge is -2.24. The van der Waals surface area contributed by atoms with Crippen molar-refractivity contribution < 1.29 is 0 Å². The molecule has 0 saturated carbocycles. The van der Waals surface area contributed by atoms with Crippen molar-refractivity contribution in [1.29, 1.82) is 0 Å². The first-order valence-corrected chi connectivity index (χ1v) is 6.02. The summed E-state index contributed by atoms with van der Waals surface area (Å²) in [6, 6.07) is 0. The van der Waals surface area contributed by atoms with Crippen LogP contribution >= 0.6 is 11.5 Å². The zero-order chi connectivity index (χ0) is 10.6. The van der Waals surface area contributed by atoms with Crippen LogP contribution in [0.3, 0.4) is 0 Å². The summed E-state index contributed by atoms with van der Waals surface area (Å²) in [5, 5.41) is 2.16. The molecule has 0 bridgehead atoms. The van der Waals surface area contributed by atoms with Gasteiger partial charge in [-0.1, -0.05) is 40.2 Å². The van der Waals surface area contributed by atoms with E-state index in [1.807, 2.05) is 6.08 Å². The fraction of sp³-hybridized carbons (Fsp3) is 0.583. The van der Waals surface area contributed by atoms with Gasteiger partial charge in [0.1, 0.15) is 0 Å². The van der Waals surface area contributed by atoms with Gasteiger partial charge in [-0.2, -0.15) is 4.37 Å². The van der Waals surface area contributed by atoms with Crippen molar-refractivity contribution in [3.05, 3.63) is 23.2 Å². The predicted octanol–water partition coefficient (Wildman–Crippen LogP) is 4.25. The molecule has 0 N–H and O–H groups in total. The van der Waals surface area contributed by atoms with E-state index in [2.05, 4.69) is 37.1 Å². The number of unbranched alkanes of at least 4 members (excludes halogenated alkanes) is 1. The fourth-order valence-electron chi connectivity index (χ4n) is 1.65. The number of nitrogens with zero attached hydrogens (tertiary/aromatic N) is 1. The van der Waals surface area contributed by atoms with E-state index in [1.54, 1.807) is 0 Å². The molecule has 0 spiro atoms. The van der Waals surface area contributed by atoms with Crippen LogP contribution in [0.1, 0.15) is 51.3 Å². The number of hydrogen-bond donors (Lipinski definition) is 0. The van der Waals surface area contributed by atoms with Gasteiger partial charge in [-0.15, -0.1) is 0 Å². The van der Waals surface area contributed by atoms with Crippen LogP contribution in [0.4, 0.5) is 0 Å². The molecular formula is C12H19NS. The molecule has 0 aliphatic rings. The van der Waals surface area contributed by atoms with Crippen LogP contribution in [0, 0.1) is 0 Å². The Kier molecular flexibility index (Phi) is 3.87. The maximum Gasteiger partial charge on any atom is 0.0799 e. The molecule has 0 saturated heterocycles. The van der Waals surface area contributed by atoms with Gasteiger partial charge in [0, 0.05) is 5.38 Å². The fourth-order valence-corrected chi connectivity index (χ4v) is 2.54. The monoisotopic (exact) mass is 209 g/mol. The zero-order valence-electron chi connectivity index (χ0n) is 9.34. The first-order chi connectivity index (χ1) is 6.61. The van der Waals surface area contributed by atoms with Crippen LogP contribution < -0.4 is 0 Å². The van der Waals surface area contributed by atoms with Crippen LogP contribution in [0.25, 0.3) is 6.08 Å². The van der Waals surface area contributed by atoms with E-state index >= 15 is 0 Å². The van der Waals surface area contributed by atoms with Crippen LogP contribution in [-0.4, -0.2) is 4.37 Å². The Hall–Kier alpha value is -0.630. The highest BCUT2D eigenvalue weighted by Crippen LogP contribution is 2.32. The maximum atomic E-state index is 4.33. The SMILES string of the molecule is C=Cc1nscc1C(C)(C)CCCC. The molecule has 0 fully saturated rings. The number of hydrogen-bond acceptors (Lipinski definition) is 2. The van der Waals surface area contributed by atoms with Crippen molar-refractivity contribution in [1.82, 2.24) is 4.37 Å². The van der Waals surface area contributed by atoms with Crippen LogP contribution in [0.15, 0.2) is 12.0 Å². The second kappa shape index (κ2) is 4.74. The van der Waals surface area contributed by atoms with Crippen LogP contribution in [-0.2, 0) is 5.41 Å². The van der Waals surface area contributed by atoms with E-state index < -0.39 is 0 Å². The molecule has 1 heterocycles. The Morgan fingerprint density at radius 2 is 2.29 bits per heavy atom. The lowest BCUT2D eigenvalue weighted by molar-refractivity contribution is 0.458. The standard InChI is InChI=1S/C12H19NS/c1-5-7-8-12(3,4)10-9-14-13-11(10)6-2/h6,9H,2,5,7-8H2,1,3-4H3. The summed E-state index contributed by atoms with van der Waals surface area (Å²) >= 11 is 1.53. The van der Waals surface area contributed by atoms with Gasteiger partial charge in [-0.25, -0.2) is 0 Å². The Balaban J connectivity index is 2.85. The van der Waals surface area contributed by atoms with Crippen molar-refractivity contribution in [3.8, 4) is 0 Å². The molecule has 0 aromatic carbocycles.